The van der Waals surface area contributed by atoms with Crippen LogP contribution in [-0.2, 0) is 4.74 Å². The van der Waals surface area contributed by atoms with Crippen LogP contribution in [0.4, 0.5) is 5.82 Å². The van der Waals surface area contributed by atoms with Crippen LogP contribution in [0.15, 0.2) is 17.2 Å². The zero-order valence-electron chi connectivity index (χ0n) is 13.9. The SMILES string of the molecule is c1cc2c([nH]1)N(C1CC[Si]3(CCCC3)CC1)C(OC1CCC1)S2. The number of thioether (sulfide) groups is 1. The van der Waals surface area contributed by atoms with E-state index in [2.05, 4.69) is 22.1 Å². The van der Waals surface area contributed by atoms with Crippen molar-refractivity contribution in [1.82, 2.24) is 4.98 Å². The number of aromatic nitrogens is 1. The third kappa shape index (κ3) is 2.59. The number of rotatable bonds is 3. The molecule has 1 aliphatic carbocycles. The van der Waals surface area contributed by atoms with Gasteiger partial charge in [-0.05, 0) is 38.2 Å². The Kier molecular flexibility index (Phi) is 3.79. The molecule has 1 spiro atoms. The Morgan fingerprint density at radius 1 is 1.04 bits per heavy atom. The van der Waals surface area contributed by atoms with Gasteiger partial charge in [-0.2, -0.15) is 0 Å². The number of fused-ring (bicyclic) bond motifs is 1. The number of ether oxygens (including phenoxy) is 1. The van der Waals surface area contributed by atoms with Gasteiger partial charge in [-0.15, -0.1) is 0 Å². The van der Waals surface area contributed by atoms with Gasteiger partial charge >= 0.3 is 0 Å². The Morgan fingerprint density at radius 3 is 2.52 bits per heavy atom. The molecular formula is C18H28N2OSSi. The molecule has 0 aromatic carbocycles. The summed E-state index contributed by atoms with van der Waals surface area (Å²) >= 11 is 1.93. The molecule has 1 unspecified atom stereocenters. The summed E-state index contributed by atoms with van der Waals surface area (Å²) in [5, 5.41) is 0. The van der Waals surface area contributed by atoms with E-state index in [1.807, 2.05) is 11.8 Å². The second-order valence-corrected chi connectivity index (χ2v) is 14.2. The van der Waals surface area contributed by atoms with Gasteiger partial charge in [0, 0.05) is 12.2 Å². The fourth-order valence-corrected chi connectivity index (χ4v) is 11.8. The predicted molar refractivity (Wildman–Crippen MR) is 98.9 cm³/mol. The Hall–Kier alpha value is -0.393. The number of aromatic amines is 1. The quantitative estimate of drug-likeness (QED) is 0.762. The van der Waals surface area contributed by atoms with E-state index in [1.165, 1.54) is 55.7 Å². The standard InChI is InChI=1S/C18H28N2OSSi/c1-2-11-23(10-1)12-7-14(8-13-23)20-17-16(6-9-19-17)22-18(20)21-15-4-3-5-15/h6,9,14-15,18-19H,1-5,7-8,10-13H2. The lowest BCUT2D eigenvalue weighted by Gasteiger charge is -2.43. The van der Waals surface area contributed by atoms with Crippen molar-refractivity contribution < 1.29 is 4.74 Å². The van der Waals surface area contributed by atoms with Crippen molar-refractivity contribution in [2.24, 2.45) is 0 Å². The van der Waals surface area contributed by atoms with E-state index >= 15 is 0 Å². The van der Waals surface area contributed by atoms with Gasteiger partial charge in [-0.1, -0.05) is 48.8 Å². The number of H-pyrrole nitrogens is 1. The highest BCUT2D eigenvalue weighted by Crippen LogP contribution is 2.50. The molecule has 5 rings (SSSR count). The van der Waals surface area contributed by atoms with Crippen LogP contribution < -0.4 is 4.90 Å². The molecule has 0 bridgehead atoms. The first-order chi connectivity index (χ1) is 11.3. The molecule has 0 radical (unpaired) electrons. The number of nitrogens with one attached hydrogen (secondary N) is 1. The van der Waals surface area contributed by atoms with Crippen LogP contribution in [0, 0.1) is 0 Å². The van der Waals surface area contributed by atoms with Crippen LogP contribution in [0.25, 0.3) is 0 Å². The minimum absolute atomic E-state index is 0.229. The average Bonchev–Trinajstić information content (AvgIpc) is 3.21. The minimum atomic E-state index is -0.822. The largest absolute Gasteiger partial charge is 0.347 e. The van der Waals surface area contributed by atoms with Crippen LogP contribution in [0.1, 0.15) is 44.9 Å². The van der Waals surface area contributed by atoms with Crippen LogP contribution in [0.5, 0.6) is 0 Å². The summed E-state index contributed by atoms with van der Waals surface area (Å²) in [6.45, 7) is 0. The van der Waals surface area contributed by atoms with Crippen molar-refractivity contribution in [3.05, 3.63) is 12.3 Å². The summed E-state index contributed by atoms with van der Waals surface area (Å²) in [5.74, 6) is 1.34. The smallest absolute Gasteiger partial charge is 0.184 e. The van der Waals surface area contributed by atoms with Gasteiger partial charge in [0.1, 0.15) is 5.82 Å². The first-order valence-corrected chi connectivity index (χ1v) is 13.3. The monoisotopic (exact) mass is 348 g/mol. The average molecular weight is 349 g/mol. The molecule has 3 nitrogen and oxygen atoms in total. The van der Waals surface area contributed by atoms with Crippen molar-refractivity contribution in [2.75, 3.05) is 4.90 Å². The normalized spacial score (nSPS) is 30.8. The van der Waals surface area contributed by atoms with Crippen LogP contribution >= 0.6 is 11.8 Å². The van der Waals surface area contributed by atoms with Gasteiger partial charge in [-0.25, -0.2) is 0 Å². The second kappa shape index (κ2) is 5.85. The Bertz CT molecular complexity index is 557. The van der Waals surface area contributed by atoms with Crippen molar-refractivity contribution in [3.8, 4) is 0 Å². The Labute approximate surface area is 144 Å². The number of hydrogen-bond acceptors (Lipinski definition) is 3. The van der Waals surface area contributed by atoms with E-state index in [0.717, 1.165) is 0 Å². The molecule has 2 saturated heterocycles. The summed E-state index contributed by atoms with van der Waals surface area (Å²) in [4.78, 5) is 7.52. The lowest BCUT2D eigenvalue weighted by molar-refractivity contribution is -0.0155. The number of hydrogen-bond donors (Lipinski definition) is 1. The zero-order valence-corrected chi connectivity index (χ0v) is 15.7. The third-order valence-corrected chi connectivity index (χ3v) is 13.5. The van der Waals surface area contributed by atoms with E-state index in [0.29, 0.717) is 12.1 Å². The van der Waals surface area contributed by atoms with E-state index in [9.17, 15) is 0 Å². The van der Waals surface area contributed by atoms with Crippen molar-refractivity contribution in [1.29, 1.82) is 0 Å². The van der Waals surface area contributed by atoms with Gasteiger partial charge in [0.25, 0.3) is 0 Å². The molecule has 23 heavy (non-hydrogen) atoms. The summed E-state index contributed by atoms with van der Waals surface area (Å²) in [6.07, 6.45) is 12.4. The van der Waals surface area contributed by atoms with E-state index in [1.54, 1.807) is 24.2 Å². The third-order valence-electron chi connectivity index (χ3n) is 6.84. The van der Waals surface area contributed by atoms with Gasteiger partial charge in [0.2, 0.25) is 0 Å². The fourth-order valence-electron chi connectivity index (χ4n) is 5.15. The van der Waals surface area contributed by atoms with E-state index < -0.39 is 8.07 Å². The lowest BCUT2D eigenvalue weighted by Crippen LogP contribution is -2.48. The summed E-state index contributed by atoms with van der Waals surface area (Å²) in [5.41, 5.74) is 0.229. The van der Waals surface area contributed by atoms with Crippen molar-refractivity contribution in [3.63, 3.8) is 0 Å². The van der Waals surface area contributed by atoms with Gasteiger partial charge in [-0.3, -0.25) is 0 Å². The molecule has 1 saturated carbocycles. The fraction of sp³-hybridized carbons (Fsp3) is 0.778. The maximum absolute atomic E-state index is 6.45. The van der Waals surface area contributed by atoms with Crippen LogP contribution in [0.3, 0.4) is 0 Å². The molecule has 0 amide bonds. The van der Waals surface area contributed by atoms with E-state index in [4.69, 9.17) is 4.74 Å². The van der Waals surface area contributed by atoms with Gasteiger partial charge < -0.3 is 14.6 Å². The molecule has 1 aromatic rings. The molecule has 4 heterocycles. The van der Waals surface area contributed by atoms with Gasteiger partial charge in [0.05, 0.1) is 19.1 Å². The molecule has 3 aliphatic heterocycles. The lowest BCUT2D eigenvalue weighted by atomic mass is 9.96. The van der Waals surface area contributed by atoms with Crippen molar-refractivity contribution >= 4 is 25.7 Å². The predicted octanol–water partition coefficient (Wildman–Crippen LogP) is 5.18. The van der Waals surface area contributed by atoms with Crippen LogP contribution in [-0.4, -0.2) is 30.8 Å². The molecule has 1 N–H and O–H groups in total. The Balaban J connectivity index is 1.32. The van der Waals surface area contributed by atoms with E-state index in [-0.39, 0.29) is 5.56 Å². The number of anilines is 1. The molecule has 1 atom stereocenters. The molecule has 1 aromatic heterocycles. The highest BCUT2D eigenvalue weighted by atomic mass is 32.2. The summed E-state index contributed by atoms with van der Waals surface area (Å²) in [7, 11) is -0.822. The maximum atomic E-state index is 6.45. The zero-order chi connectivity index (χ0) is 15.3. The molecule has 4 aliphatic rings. The van der Waals surface area contributed by atoms with Gasteiger partial charge in [0.15, 0.2) is 5.56 Å². The highest BCUT2D eigenvalue weighted by Gasteiger charge is 2.45. The highest BCUT2D eigenvalue weighted by molar-refractivity contribution is 8.00. The molecular weight excluding hydrogens is 320 g/mol. The molecule has 5 heteroatoms. The maximum Gasteiger partial charge on any atom is 0.184 e. The molecule has 126 valence electrons. The second-order valence-electron chi connectivity index (χ2n) is 8.15. The summed E-state index contributed by atoms with van der Waals surface area (Å²) in [6, 6.07) is 9.34. The first-order valence-electron chi connectivity index (χ1n) is 9.61. The van der Waals surface area contributed by atoms with Crippen molar-refractivity contribution in [2.45, 2.75) is 91.7 Å². The number of nitrogens with zero attached hydrogens (tertiary/aromatic N) is 1. The van der Waals surface area contributed by atoms with Crippen LogP contribution in [0.2, 0.25) is 24.2 Å². The topological polar surface area (TPSA) is 28.3 Å². The molecule has 3 fully saturated rings. The Morgan fingerprint density at radius 2 is 1.83 bits per heavy atom. The minimum Gasteiger partial charge on any atom is -0.347 e. The summed E-state index contributed by atoms with van der Waals surface area (Å²) < 4.78 is 6.45. The first kappa shape index (κ1) is 14.9.